The van der Waals surface area contributed by atoms with Crippen LogP contribution in [0.4, 0.5) is 10.1 Å². The third-order valence-electron chi connectivity index (χ3n) is 8.27. The van der Waals surface area contributed by atoms with Gasteiger partial charge in [-0.15, -0.1) is 0 Å². The van der Waals surface area contributed by atoms with Crippen LogP contribution in [0, 0.1) is 11.2 Å². The second-order valence-electron chi connectivity index (χ2n) is 10.0. The van der Waals surface area contributed by atoms with Crippen molar-refractivity contribution < 1.29 is 18.8 Å². The Hall–Kier alpha value is -4.64. The number of fused-ring (bicyclic) bond motifs is 5. The van der Waals surface area contributed by atoms with Gasteiger partial charge < -0.3 is 4.90 Å². The van der Waals surface area contributed by atoms with Crippen molar-refractivity contribution in [2.24, 2.45) is 5.41 Å². The van der Waals surface area contributed by atoms with Gasteiger partial charge in [-0.05, 0) is 41.5 Å². The molecule has 5 heteroatoms. The first kappa shape index (κ1) is 22.5. The van der Waals surface area contributed by atoms with Crippen LogP contribution in [0.2, 0.25) is 0 Å². The summed E-state index contributed by atoms with van der Waals surface area (Å²) in [4.78, 5) is 45.4. The minimum Gasteiger partial charge on any atom is -0.352 e. The Morgan fingerprint density at radius 2 is 1.34 bits per heavy atom. The van der Waals surface area contributed by atoms with Crippen LogP contribution in [0.5, 0.6) is 0 Å². The van der Waals surface area contributed by atoms with Gasteiger partial charge >= 0.3 is 0 Å². The highest BCUT2D eigenvalue weighted by Crippen LogP contribution is 2.60. The fraction of sp³-hybridized carbons (Fsp3) is 0.121. The highest BCUT2D eigenvalue weighted by atomic mass is 19.1. The highest BCUT2D eigenvalue weighted by Gasteiger charge is 2.71. The van der Waals surface area contributed by atoms with Gasteiger partial charge in [-0.25, -0.2) is 4.39 Å². The molecule has 4 nitrogen and oxygen atoms in total. The fourth-order valence-corrected chi connectivity index (χ4v) is 6.74. The SMILES string of the molecule is O=C(c1ccc(F)cc1)C1C(c2ccccc2)C2(C(=O)c3ccccc3C2=O)C2C=Cc3ccccc3N12. The first-order valence-electron chi connectivity index (χ1n) is 12.6. The number of nitrogens with zero attached hydrogens (tertiary/aromatic N) is 1. The van der Waals surface area contributed by atoms with E-state index in [1.54, 1.807) is 24.3 Å². The average molecular weight is 500 g/mol. The molecule has 2 aliphatic heterocycles. The lowest BCUT2D eigenvalue weighted by Gasteiger charge is -2.37. The summed E-state index contributed by atoms with van der Waals surface area (Å²) in [6, 6.07) is 27.9. The summed E-state index contributed by atoms with van der Waals surface area (Å²) in [6.07, 6.45) is 3.84. The van der Waals surface area contributed by atoms with E-state index in [1.807, 2.05) is 71.6 Å². The zero-order valence-electron chi connectivity index (χ0n) is 20.3. The van der Waals surface area contributed by atoms with E-state index in [0.29, 0.717) is 16.7 Å². The Labute approximate surface area is 219 Å². The topological polar surface area (TPSA) is 54.5 Å². The van der Waals surface area contributed by atoms with Crippen molar-refractivity contribution in [2.45, 2.75) is 18.0 Å². The molecule has 7 rings (SSSR count). The van der Waals surface area contributed by atoms with Crippen LogP contribution in [-0.4, -0.2) is 29.4 Å². The van der Waals surface area contributed by atoms with Crippen LogP contribution in [0.1, 0.15) is 48.1 Å². The monoisotopic (exact) mass is 499 g/mol. The molecule has 3 unspecified atom stereocenters. The molecule has 0 N–H and O–H groups in total. The Bertz CT molecular complexity index is 1620. The molecule has 0 amide bonds. The van der Waals surface area contributed by atoms with E-state index in [-0.39, 0.29) is 17.3 Å². The standard InChI is InChI=1S/C33H22FNO3/c34-23-17-14-22(15-18-23)30(36)29-28(21-9-2-1-3-10-21)33(31(37)24-11-5-6-12-25(24)32(33)38)27-19-16-20-8-4-7-13-26(20)35(27)29/h1-19,27-29H. The molecule has 2 heterocycles. The van der Waals surface area contributed by atoms with E-state index in [2.05, 4.69) is 0 Å². The number of benzene rings is 4. The molecule has 1 aliphatic carbocycles. The molecule has 1 saturated heterocycles. The largest absolute Gasteiger partial charge is 0.352 e. The van der Waals surface area contributed by atoms with E-state index in [9.17, 15) is 18.8 Å². The van der Waals surface area contributed by atoms with Crippen molar-refractivity contribution in [3.8, 4) is 0 Å². The third kappa shape index (κ3) is 2.87. The molecule has 0 radical (unpaired) electrons. The summed E-state index contributed by atoms with van der Waals surface area (Å²) in [5.74, 6) is -2.00. The van der Waals surface area contributed by atoms with Crippen LogP contribution >= 0.6 is 0 Å². The second-order valence-corrected chi connectivity index (χ2v) is 10.0. The predicted octanol–water partition coefficient (Wildman–Crippen LogP) is 6.14. The van der Waals surface area contributed by atoms with E-state index in [0.717, 1.165) is 16.8 Å². The molecule has 3 atom stereocenters. The molecule has 4 aromatic rings. The van der Waals surface area contributed by atoms with Crippen molar-refractivity contribution in [3.05, 3.63) is 143 Å². The van der Waals surface area contributed by atoms with Gasteiger partial charge in [0.25, 0.3) is 0 Å². The lowest BCUT2D eigenvalue weighted by atomic mass is 9.64. The van der Waals surface area contributed by atoms with Crippen molar-refractivity contribution in [1.82, 2.24) is 0 Å². The molecule has 38 heavy (non-hydrogen) atoms. The smallest absolute Gasteiger partial charge is 0.185 e. The summed E-state index contributed by atoms with van der Waals surface area (Å²) < 4.78 is 13.8. The van der Waals surface area contributed by atoms with Gasteiger partial charge in [0.1, 0.15) is 17.3 Å². The zero-order valence-corrected chi connectivity index (χ0v) is 20.3. The van der Waals surface area contributed by atoms with Gasteiger partial charge in [0, 0.05) is 28.3 Å². The minimum atomic E-state index is -1.53. The zero-order chi connectivity index (χ0) is 26.0. The number of rotatable bonds is 3. The van der Waals surface area contributed by atoms with Crippen LogP contribution < -0.4 is 4.90 Å². The average Bonchev–Trinajstić information content (AvgIpc) is 3.40. The number of halogens is 1. The van der Waals surface area contributed by atoms with Crippen molar-refractivity contribution in [1.29, 1.82) is 0 Å². The van der Waals surface area contributed by atoms with Gasteiger partial charge in [0.15, 0.2) is 17.3 Å². The quantitative estimate of drug-likeness (QED) is 0.251. The molecule has 1 fully saturated rings. The molecule has 0 saturated carbocycles. The molecular formula is C33H22FNO3. The van der Waals surface area contributed by atoms with E-state index >= 15 is 0 Å². The molecule has 184 valence electrons. The van der Waals surface area contributed by atoms with Gasteiger partial charge in [0.05, 0.1) is 6.04 Å². The Balaban J connectivity index is 1.54. The predicted molar refractivity (Wildman–Crippen MR) is 143 cm³/mol. The summed E-state index contributed by atoms with van der Waals surface area (Å²) >= 11 is 0. The van der Waals surface area contributed by atoms with Gasteiger partial charge in [-0.1, -0.05) is 84.9 Å². The van der Waals surface area contributed by atoms with Crippen molar-refractivity contribution >= 4 is 29.1 Å². The minimum absolute atomic E-state index is 0.262. The molecule has 0 bridgehead atoms. The maximum Gasteiger partial charge on any atom is 0.185 e. The van der Waals surface area contributed by atoms with Crippen LogP contribution in [-0.2, 0) is 0 Å². The Kier molecular flexibility index (Phi) is 4.86. The maximum absolute atomic E-state index is 14.5. The summed E-state index contributed by atoms with van der Waals surface area (Å²) in [7, 11) is 0. The first-order valence-corrected chi connectivity index (χ1v) is 12.6. The van der Waals surface area contributed by atoms with E-state index < -0.39 is 29.2 Å². The van der Waals surface area contributed by atoms with Crippen molar-refractivity contribution in [3.63, 3.8) is 0 Å². The Morgan fingerprint density at radius 1 is 0.737 bits per heavy atom. The number of hydrogen-bond donors (Lipinski definition) is 0. The lowest BCUT2D eigenvalue weighted by Crippen LogP contribution is -2.48. The number of Topliss-reactive ketones (excluding diaryl/α,β-unsaturated/α-hetero) is 3. The molecule has 3 aliphatic rings. The van der Waals surface area contributed by atoms with Gasteiger partial charge in [0.2, 0.25) is 0 Å². The third-order valence-corrected chi connectivity index (χ3v) is 8.27. The molecule has 1 spiro atoms. The molecular weight excluding hydrogens is 477 g/mol. The van der Waals surface area contributed by atoms with Gasteiger partial charge in [-0.3, -0.25) is 14.4 Å². The lowest BCUT2D eigenvalue weighted by molar-refractivity contribution is 0.0666. The second kappa shape index (κ2) is 8.18. The van der Waals surface area contributed by atoms with E-state index in [1.165, 1.54) is 24.3 Å². The van der Waals surface area contributed by atoms with Crippen LogP contribution in [0.3, 0.4) is 0 Å². The number of carbonyl (C=O) groups is 3. The summed E-state index contributed by atoms with van der Waals surface area (Å²) in [5, 5.41) is 0. The molecule has 4 aromatic carbocycles. The normalized spacial score (nSPS) is 22.3. The van der Waals surface area contributed by atoms with Crippen LogP contribution in [0.25, 0.3) is 6.08 Å². The Morgan fingerprint density at radius 3 is 2.03 bits per heavy atom. The molecule has 0 aromatic heterocycles. The number of hydrogen-bond acceptors (Lipinski definition) is 4. The number of para-hydroxylation sites is 1. The van der Waals surface area contributed by atoms with Gasteiger partial charge in [-0.2, -0.15) is 0 Å². The number of carbonyl (C=O) groups excluding carboxylic acids is 3. The maximum atomic E-state index is 14.5. The van der Waals surface area contributed by atoms with Crippen LogP contribution in [0.15, 0.2) is 109 Å². The summed E-state index contributed by atoms with van der Waals surface area (Å²) in [5.41, 5.74) is 2.00. The van der Waals surface area contributed by atoms with E-state index in [4.69, 9.17) is 0 Å². The highest BCUT2D eigenvalue weighted by molar-refractivity contribution is 6.32. The summed E-state index contributed by atoms with van der Waals surface area (Å²) in [6.45, 7) is 0. The number of ketones is 3. The fourth-order valence-electron chi connectivity index (χ4n) is 6.74. The first-order chi connectivity index (χ1) is 18.5. The van der Waals surface area contributed by atoms with Crippen molar-refractivity contribution in [2.75, 3.05) is 4.90 Å². The number of anilines is 1.